The predicted octanol–water partition coefficient (Wildman–Crippen LogP) is 2.81. The molecule has 1 N–H and O–H groups in total. The second kappa shape index (κ2) is 6.80. The highest BCUT2D eigenvalue weighted by atomic mass is 16.5. The monoisotopic (exact) mass is 263 g/mol. The lowest BCUT2D eigenvalue weighted by Gasteiger charge is -2.25. The van der Waals surface area contributed by atoms with Crippen molar-refractivity contribution < 1.29 is 9.47 Å². The summed E-state index contributed by atoms with van der Waals surface area (Å²) in [5.41, 5.74) is 2.71. The SMILES string of the molecule is CCc1ccc(OC)c(OC)c1CC1CCCNC1. The Balaban J connectivity index is 2.28. The summed E-state index contributed by atoms with van der Waals surface area (Å²) in [5, 5.41) is 3.49. The van der Waals surface area contributed by atoms with Gasteiger partial charge in [0, 0.05) is 5.56 Å². The molecule has 0 bridgehead atoms. The quantitative estimate of drug-likeness (QED) is 0.886. The molecule has 1 aromatic carbocycles. The van der Waals surface area contributed by atoms with Crippen molar-refractivity contribution in [1.82, 2.24) is 5.32 Å². The Bertz CT molecular complexity index is 411. The number of aryl methyl sites for hydroxylation is 1. The summed E-state index contributed by atoms with van der Waals surface area (Å²) in [5.74, 6) is 2.48. The van der Waals surface area contributed by atoms with Crippen LogP contribution >= 0.6 is 0 Å². The molecule has 0 aliphatic carbocycles. The number of rotatable bonds is 5. The molecule has 0 radical (unpaired) electrons. The number of hydrogen-bond donors (Lipinski definition) is 1. The first kappa shape index (κ1) is 14.2. The molecule has 1 heterocycles. The molecule has 3 heteroatoms. The first-order valence-corrected chi connectivity index (χ1v) is 7.23. The molecule has 1 fully saturated rings. The van der Waals surface area contributed by atoms with Gasteiger partial charge in [-0.15, -0.1) is 0 Å². The van der Waals surface area contributed by atoms with Gasteiger partial charge in [0.1, 0.15) is 0 Å². The molecule has 0 aromatic heterocycles. The number of benzene rings is 1. The molecule has 1 aliphatic rings. The van der Waals surface area contributed by atoms with Crippen molar-refractivity contribution in [3.05, 3.63) is 23.3 Å². The van der Waals surface area contributed by atoms with Gasteiger partial charge in [0.15, 0.2) is 11.5 Å². The zero-order valence-electron chi connectivity index (χ0n) is 12.3. The van der Waals surface area contributed by atoms with Crippen LogP contribution in [0.2, 0.25) is 0 Å². The molecule has 1 aliphatic heterocycles. The Morgan fingerprint density at radius 3 is 2.68 bits per heavy atom. The minimum Gasteiger partial charge on any atom is -0.493 e. The maximum atomic E-state index is 5.61. The van der Waals surface area contributed by atoms with E-state index in [9.17, 15) is 0 Å². The van der Waals surface area contributed by atoms with E-state index in [1.807, 2.05) is 6.07 Å². The summed E-state index contributed by atoms with van der Waals surface area (Å²) in [6.45, 7) is 4.47. The second-order valence-corrected chi connectivity index (χ2v) is 5.21. The number of hydrogen-bond acceptors (Lipinski definition) is 3. The molecule has 19 heavy (non-hydrogen) atoms. The van der Waals surface area contributed by atoms with Crippen LogP contribution in [0.1, 0.15) is 30.9 Å². The minimum atomic E-state index is 0.708. The molecular formula is C16H25NO2. The summed E-state index contributed by atoms with van der Waals surface area (Å²) >= 11 is 0. The van der Waals surface area contributed by atoms with Crippen molar-refractivity contribution in [2.24, 2.45) is 5.92 Å². The Morgan fingerprint density at radius 2 is 2.11 bits per heavy atom. The van der Waals surface area contributed by atoms with Crippen molar-refractivity contribution in [2.45, 2.75) is 32.6 Å². The minimum absolute atomic E-state index is 0.708. The highest BCUT2D eigenvalue weighted by Gasteiger charge is 2.20. The Labute approximate surface area is 116 Å². The van der Waals surface area contributed by atoms with E-state index >= 15 is 0 Å². The van der Waals surface area contributed by atoms with Gasteiger partial charge in [-0.2, -0.15) is 0 Å². The first-order chi connectivity index (χ1) is 9.30. The lowest BCUT2D eigenvalue weighted by Crippen LogP contribution is -2.31. The fraction of sp³-hybridized carbons (Fsp3) is 0.625. The van der Waals surface area contributed by atoms with Gasteiger partial charge in [0.25, 0.3) is 0 Å². The van der Waals surface area contributed by atoms with Crippen LogP contribution in [-0.2, 0) is 12.8 Å². The third-order valence-electron chi connectivity index (χ3n) is 4.02. The van der Waals surface area contributed by atoms with Crippen molar-refractivity contribution in [3.63, 3.8) is 0 Å². The van der Waals surface area contributed by atoms with Crippen LogP contribution in [-0.4, -0.2) is 27.3 Å². The van der Waals surface area contributed by atoms with Crippen LogP contribution in [0.5, 0.6) is 11.5 Å². The molecule has 1 saturated heterocycles. The topological polar surface area (TPSA) is 30.5 Å². The van der Waals surface area contributed by atoms with Gasteiger partial charge in [-0.05, 0) is 56.3 Å². The third-order valence-corrected chi connectivity index (χ3v) is 4.02. The van der Waals surface area contributed by atoms with E-state index in [2.05, 4.69) is 18.3 Å². The van der Waals surface area contributed by atoms with Crippen molar-refractivity contribution in [3.8, 4) is 11.5 Å². The average Bonchev–Trinajstić information content (AvgIpc) is 2.47. The normalized spacial score (nSPS) is 19.2. The van der Waals surface area contributed by atoms with Crippen molar-refractivity contribution in [2.75, 3.05) is 27.3 Å². The van der Waals surface area contributed by atoms with Gasteiger partial charge in [0.05, 0.1) is 14.2 Å². The number of ether oxygens (including phenoxy) is 2. The van der Waals surface area contributed by atoms with Gasteiger partial charge >= 0.3 is 0 Å². The summed E-state index contributed by atoms with van der Waals surface area (Å²) in [4.78, 5) is 0. The van der Waals surface area contributed by atoms with Gasteiger partial charge in [-0.1, -0.05) is 13.0 Å². The van der Waals surface area contributed by atoms with Crippen molar-refractivity contribution in [1.29, 1.82) is 0 Å². The van der Waals surface area contributed by atoms with E-state index < -0.39 is 0 Å². The highest BCUT2D eigenvalue weighted by molar-refractivity contribution is 5.51. The highest BCUT2D eigenvalue weighted by Crippen LogP contribution is 2.36. The molecule has 1 atom stereocenters. The van der Waals surface area contributed by atoms with Gasteiger partial charge in [-0.3, -0.25) is 0 Å². The second-order valence-electron chi connectivity index (χ2n) is 5.21. The van der Waals surface area contributed by atoms with E-state index in [-0.39, 0.29) is 0 Å². The van der Waals surface area contributed by atoms with Crippen LogP contribution < -0.4 is 14.8 Å². The first-order valence-electron chi connectivity index (χ1n) is 7.23. The molecule has 0 saturated carbocycles. The van der Waals surface area contributed by atoms with Gasteiger partial charge in [-0.25, -0.2) is 0 Å². The van der Waals surface area contributed by atoms with E-state index in [0.29, 0.717) is 5.92 Å². The lowest BCUT2D eigenvalue weighted by atomic mass is 9.89. The molecule has 1 aromatic rings. The zero-order chi connectivity index (χ0) is 13.7. The summed E-state index contributed by atoms with van der Waals surface area (Å²) in [7, 11) is 3.44. The van der Waals surface area contributed by atoms with E-state index in [1.54, 1.807) is 14.2 Å². The fourth-order valence-electron chi connectivity index (χ4n) is 2.97. The largest absolute Gasteiger partial charge is 0.493 e. The number of methoxy groups -OCH3 is 2. The third kappa shape index (κ3) is 3.21. The molecule has 1 unspecified atom stereocenters. The van der Waals surface area contributed by atoms with Crippen molar-refractivity contribution >= 4 is 0 Å². The van der Waals surface area contributed by atoms with Crippen LogP contribution in [0.4, 0.5) is 0 Å². The van der Waals surface area contributed by atoms with Crippen LogP contribution in [0, 0.1) is 5.92 Å². The van der Waals surface area contributed by atoms with E-state index in [1.165, 1.54) is 24.0 Å². The predicted molar refractivity (Wildman–Crippen MR) is 78.2 cm³/mol. The summed E-state index contributed by atoms with van der Waals surface area (Å²) in [6.07, 6.45) is 4.70. The number of nitrogens with one attached hydrogen (secondary N) is 1. The van der Waals surface area contributed by atoms with Crippen LogP contribution in [0.3, 0.4) is 0 Å². The Morgan fingerprint density at radius 1 is 1.26 bits per heavy atom. The molecule has 0 amide bonds. The summed E-state index contributed by atoms with van der Waals surface area (Å²) < 4.78 is 11.0. The maximum Gasteiger partial charge on any atom is 0.164 e. The Kier molecular flexibility index (Phi) is 5.08. The molecule has 0 spiro atoms. The molecule has 106 valence electrons. The Hall–Kier alpha value is -1.22. The average molecular weight is 263 g/mol. The lowest BCUT2D eigenvalue weighted by molar-refractivity contribution is 0.339. The molecule has 2 rings (SSSR count). The summed E-state index contributed by atoms with van der Waals surface area (Å²) in [6, 6.07) is 4.19. The van der Waals surface area contributed by atoms with Crippen LogP contribution in [0.25, 0.3) is 0 Å². The zero-order valence-corrected chi connectivity index (χ0v) is 12.3. The van der Waals surface area contributed by atoms with E-state index in [4.69, 9.17) is 9.47 Å². The molecule has 3 nitrogen and oxygen atoms in total. The fourth-order valence-corrected chi connectivity index (χ4v) is 2.97. The number of piperidine rings is 1. The standard InChI is InChI=1S/C16H25NO2/c1-4-13-7-8-15(18-2)16(19-3)14(13)10-12-6-5-9-17-11-12/h7-8,12,17H,4-6,9-11H2,1-3H3. The van der Waals surface area contributed by atoms with Crippen LogP contribution in [0.15, 0.2) is 12.1 Å². The van der Waals surface area contributed by atoms with Gasteiger partial charge in [0.2, 0.25) is 0 Å². The smallest absolute Gasteiger partial charge is 0.164 e. The maximum absolute atomic E-state index is 5.61. The molecular weight excluding hydrogens is 238 g/mol. The van der Waals surface area contributed by atoms with Gasteiger partial charge < -0.3 is 14.8 Å². The van der Waals surface area contributed by atoms with E-state index in [0.717, 1.165) is 37.4 Å².